The van der Waals surface area contributed by atoms with Gasteiger partial charge in [-0.2, -0.15) is 0 Å². The predicted molar refractivity (Wildman–Crippen MR) is 87.5 cm³/mol. The number of benzene rings is 2. The molecule has 0 aliphatic carbocycles. The number of halogens is 2. The molecule has 0 bridgehead atoms. The number of hydrogen-bond acceptors (Lipinski definition) is 3. The van der Waals surface area contributed by atoms with Gasteiger partial charge in [0.2, 0.25) is 0 Å². The Labute approximate surface area is 138 Å². The van der Waals surface area contributed by atoms with Crippen molar-refractivity contribution in [2.24, 2.45) is 0 Å². The third-order valence-electron chi connectivity index (χ3n) is 3.22. The van der Waals surface area contributed by atoms with Crippen LogP contribution in [0, 0.1) is 6.92 Å². The van der Waals surface area contributed by atoms with E-state index >= 15 is 0 Å². The van der Waals surface area contributed by atoms with Crippen molar-refractivity contribution in [3.63, 3.8) is 0 Å². The van der Waals surface area contributed by atoms with E-state index in [0.717, 1.165) is 28.3 Å². The summed E-state index contributed by atoms with van der Waals surface area (Å²) in [6, 6.07) is 14.9. The molecule has 3 nitrogen and oxygen atoms in total. The number of rotatable bonds is 4. The lowest BCUT2D eigenvalue weighted by molar-refractivity contribution is 0.306. The van der Waals surface area contributed by atoms with Gasteiger partial charge in [0.05, 0.1) is 0 Å². The van der Waals surface area contributed by atoms with Crippen LogP contribution in [-0.4, -0.2) is 5.16 Å². The minimum absolute atomic E-state index is 0.320. The fourth-order valence-corrected chi connectivity index (χ4v) is 2.56. The number of ether oxygens (including phenoxy) is 1. The van der Waals surface area contributed by atoms with Crippen LogP contribution >= 0.6 is 23.2 Å². The summed E-state index contributed by atoms with van der Waals surface area (Å²) < 4.78 is 10.8. The lowest BCUT2D eigenvalue weighted by Gasteiger charge is -2.09. The van der Waals surface area contributed by atoms with Crippen LogP contribution in [0.1, 0.15) is 11.3 Å². The Morgan fingerprint density at radius 2 is 1.73 bits per heavy atom. The molecule has 0 amide bonds. The average Bonchev–Trinajstić information content (AvgIpc) is 2.94. The van der Waals surface area contributed by atoms with Crippen LogP contribution in [0.4, 0.5) is 0 Å². The Balaban J connectivity index is 1.71. The van der Waals surface area contributed by atoms with E-state index in [-0.39, 0.29) is 0 Å². The highest BCUT2D eigenvalue weighted by Crippen LogP contribution is 2.27. The van der Waals surface area contributed by atoms with Crippen LogP contribution in [0.3, 0.4) is 0 Å². The van der Waals surface area contributed by atoms with Gasteiger partial charge in [-0.05, 0) is 43.3 Å². The summed E-state index contributed by atoms with van der Waals surface area (Å²) in [5.74, 6) is 1.52. The maximum atomic E-state index is 6.12. The Morgan fingerprint density at radius 1 is 1.05 bits per heavy atom. The first kappa shape index (κ1) is 14.9. The average molecular weight is 334 g/mol. The van der Waals surface area contributed by atoms with E-state index in [4.69, 9.17) is 32.5 Å². The number of nitrogens with zero attached hydrogens (tertiary/aromatic N) is 1. The lowest BCUT2D eigenvalue weighted by Crippen LogP contribution is -1.97. The van der Waals surface area contributed by atoms with E-state index in [1.807, 2.05) is 43.3 Å². The van der Waals surface area contributed by atoms with Crippen molar-refractivity contribution >= 4 is 23.2 Å². The van der Waals surface area contributed by atoms with Crippen LogP contribution in [0.2, 0.25) is 10.0 Å². The Kier molecular flexibility index (Phi) is 4.36. The second-order valence-corrected chi connectivity index (χ2v) is 5.65. The SMILES string of the molecule is Cc1cc(-c2ccc(OCc3c(Cl)cccc3Cl)cc2)no1. The molecule has 0 aliphatic heterocycles. The van der Waals surface area contributed by atoms with Gasteiger partial charge in [-0.25, -0.2) is 0 Å². The van der Waals surface area contributed by atoms with E-state index < -0.39 is 0 Å². The van der Waals surface area contributed by atoms with Gasteiger partial charge in [0.1, 0.15) is 23.8 Å². The molecule has 0 N–H and O–H groups in total. The van der Waals surface area contributed by atoms with Gasteiger partial charge in [-0.15, -0.1) is 0 Å². The molecule has 112 valence electrons. The van der Waals surface area contributed by atoms with Crippen LogP contribution in [0.15, 0.2) is 53.1 Å². The summed E-state index contributed by atoms with van der Waals surface area (Å²) >= 11 is 12.2. The van der Waals surface area contributed by atoms with Crippen molar-refractivity contribution in [1.29, 1.82) is 0 Å². The highest BCUT2D eigenvalue weighted by Gasteiger charge is 2.07. The first-order chi connectivity index (χ1) is 10.6. The molecule has 1 aromatic heterocycles. The normalized spacial score (nSPS) is 10.7. The summed E-state index contributed by atoms with van der Waals surface area (Å²) in [7, 11) is 0. The largest absolute Gasteiger partial charge is 0.489 e. The molecule has 0 saturated heterocycles. The van der Waals surface area contributed by atoms with Crippen LogP contribution in [-0.2, 0) is 6.61 Å². The highest BCUT2D eigenvalue weighted by molar-refractivity contribution is 6.35. The zero-order chi connectivity index (χ0) is 15.5. The standard InChI is InChI=1S/C17H13Cl2NO2/c1-11-9-17(20-22-11)12-5-7-13(8-6-12)21-10-14-15(18)3-2-4-16(14)19/h2-9H,10H2,1H3. The summed E-state index contributed by atoms with van der Waals surface area (Å²) in [6.45, 7) is 2.18. The molecular formula is C17H13Cl2NO2. The molecule has 0 aliphatic rings. The van der Waals surface area contributed by atoms with Crippen molar-refractivity contribution < 1.29 is 9.26 Å². The third kappa shape index (κ3) is 3.26. The van der Waals surface area contributed by atoms with Gasteiger partial charge in [0.15, 0.2) is 0 Å². The Bertz CT molecular complexity index is 761. The topological polar surface area (TPSA) is 35.3 Å². The van der Waals surface area contributed by atoms with Gasteiger partial charge in [0.25, 0.3) is 0 Å². The van der Waals surface area contributed by atoms with Crippen molar-refractivity contribution in [3.8, 4) is 17.0 Å². The monoisotopic (exact) mass is 333 g/mol. The van der Waals surface area contributed by atoms with E-state index in [9.17, 15) is 0 Å². The number of aromatic nitrogens is 1. The second kappa shape index (κ2) is 6.42. The van der Waals surface area contributed by atoms with Crippen LogP contribution < -0.4 is 4.74 Å². The molecule has 0 spiro atoms. The van der Waals surface area contributed by atoms with Crippen molar-refractivity contribution in [1.82, 2.24) is 5.16 Å². The van der Waals surface area contributed by atoms with Gasteiger partial charge in [-0.1, -0.05) is 34.4 Å². The molecule has 3 aromatic rings. The van der Waals surface area contributed by atoms with Gasteiger partial charge in [-0.3, -0.25) is 0 Å². The molecule has 0 saturated carbocycles. The Hall–Kier alpha value is -1.97. The summed E-state index contributed by atoms with van der Waals surface area (Å²) in [5, 5.41) is 5.18. The fourth-order valence-electron chi connectivity index (χ4n) is 2.05. The molecule has 1 heterocycles. The van der Waals surface area contributed by atoms with Gasteiger partial charge in [0, 0.05) is 27.2 Å². The number of hydrogen-bond donors (Lipinski definition) is 0. The van der Waals surface area contributed by atoms with E-state index in [2.05, 4.69) is 5.16 Å². The highest BCUT2D eigenvalue weighted by atomic mass is 35.5. The molecule has 5 heteroatoms. The number of aryl methyl sites for hydroxylation is 1. The lowest BCUT2D eigenvalue weighted by atomic mass is 10.1. The summed E-state index contributed by atoms with van der Waals surface area (Å²) in [4.78, 5) is 0. The molecule has 3 rings (SSSR count). The van der Waals surface area contributed by atoms with E-state index in [1.165, 1.54) is 0 Å². The van der Waals surface area contributed by atoms with Crippen LogP contribution in [0.25, 0.3) is 11.3 Å². The summed E-state index contributed by atoms with van der Waals surface area (Å²) in [6.07, 6.45) is 0. The minimum Gasteiger partial charge on any atom is -0.489 e. The molecule has 0 atom stereocenters. The van der Waals surface area contributed by atoms with Gasteiger partial charge < -0.3 is 9.26 Å². The van der Waals surface area contributed by atoms with E-state index in [1.54, 1.807) is 12.1 Å². The van der Waals surface area contributed by atoms with Crippen molar-refractivity contribution in [3.05, 3.63) is 69.9 Å². The predicted octanol–water partition coefficient (Wildman–Crippen LogP) is 5.54. The smallest absolute Gasteiger partial charge is 0.134 e. The van der Waals surface area contributed by atoms with Crippen LogP contribution in [0.5, 0.6) is 5.75 Å². The quantitative estimate of drug-likeness (QED) is 0.629. The molecule has 2 aromatic carbocycles. The van der Waals surface area contributed by atoms with Crippen molar-refractivity contribution in [2.75, 3.05) is 0 Å². The summed E-state index contributed by atoms with van der Waals surface area (Å²) in [5.41, 5.74) is 2.56. The molecule has 22 heavy (non-hydrogen) atoms. The molecule has 0 unspecified atom stereocenters. The molecule has 0 radical (unpaired) electrons. The van der Waals surface area contributed by atoms with E-state index in [0.29, 0.717) is 16.7 Å². The maximum absolute atomic E-state index is 6.12. The van der Waals surface area contributed by atoms with Crippen molar-refractivity contribution in [2.45, 2.75) is 13.5 Å². The third-order valence-corrected chi connectivity index (χ3v) is 3.93. The Morgan fingerprint density at radius 3 is 2.32 bits per heavy atom. The van der Waals surface area contributed by atoms with Gasteiger partial charge >= 0.3 is 0 Å². The fraction of sp³-hybridized carbons (Fsp3) is 0.118. The minimum atomic E-state index is 0.320. The molecule has 0 fully saturated rings. The first-order valence-electron chi connectivity index (χ1n) is 6.73. The molecular weight excluding hydrogens is 321 g/mol. The maximum Gasteiger partial charge on any atom is 0.134 e. The second-order valence-electron chi connectivity index (χ2n) is 4.84. The zero-order valence-corrected chi connectivity index (χ0v) is 13.4. The first-order valence-corrected chi connectivity index (χ1v) is 7.48. The zero-order valence-electron chi connectivity index (χ0n) is 11.8.